The minimum atomic E-state index is -4.77. The predicted octanol–water partition coefficient (Wildman–Crippen LogP) is 3.16. The molecule has 0 radical (unpaired) electrons. The Bertz CT molecular complexity index is 905. The first-order valence-corrected chi connectivity index (χ1v) is 9.25. The van der Waals surface area contributed by atoms with Gasteiger partial charge < -0.3 is 5.32 Å². The lowest BCUT2D eigenvalue weighted by Crippen LogP contribution is -2.37. The Balaban J connectivity index is 2.33. The Kier molecular flexibility index (Phi) is 5.77. The molecule has 0 bridgehead atoms. The van der Waals surface area contributed by atoms with E-state index < -0.39 is 39.2 Å². The number of amides is 1. The van der Waals surface area contributed by atoms with E-state index in [1.165, 1.54) is 18.5 Å². The van der Waals surface area contributed by atoms with Gasteiger partial charge in [-0.25, -0.2) is 8.42 Å². The van der Waals surface area contributed by atoms with Crippen molar-refractivity contribution in [2.24, 2.45) is 0 Å². The molecular weight excluding hydrogens is 395 g/mol. The molecule has 0 atom stereocenters. The van der Waals surface area contributed by atoms with E-state index in [4.69, 9.17) is 11.6 Å². The highest BCUT2D eigenvalue weighted by atomic mass is 35.5. The van der Waals surface area contributed by atoms with Crippen molar-refractivity contribution in [3.05, 3.63) is 53.3 Å². The van der Waals surface area contributed by atoms with Crippen molar-refractivity contribution < 1.29 is 26.4 Å². The molecule has 140 valence electrons. The van der Waals surface area contributed by atoms with Crippen LogP contribution < -0.4 is 9.62 Å². The van der Waals surface area contributed by atoms with Gasteiger partial charge in [0.05, 0.1) is 34.4 Å². The number of carbonyl (C=O) groups excluding carboxylic acids is 1. The summed E-state index contributed by atoms with van der Waals surface area (Å²) in [6.45, 7) is -0.716. The summed E-state index contributed by atoms with van der Waals surface area (Å²) in [7, 11) is -4.03. The normalized spacial score (nSPS) is 11.9. The molecular formula is C15H13ClF3N3O3S. The summed E-state index contributed by atoms with van der Waals surface area (Å²) < 4.78 is 63.5. The Morgan fingerprint density at radius 2 is 2.00 bits per heavy atom. The van der Waals surface area contributed by atoms with Gasteiger partial charge in [-0.05, 0) is 30.3 Å². The number of nitrogens with zero attached hydrogens (tertiary/aromatic N) is 2. The van der Waals surface area contributed by atoms with Crippen LogP contribution in [0.3, 0.4) is 0 Å². The smallest absolute Gasteiger partial charge is 0.323 e. The molecule has 0 unspecified atom stereocenters. The first-order chi connectivity index (χ1) is 12.0. The third kappa shape index (κ3) is 5.09. The zero-order valence-electron chi connectivity index (χ0n) is 13.3. The van der Waals surface area contributed by atoms with Gasteiger partial charge in [0.25, 0.3) is 0 Å². The highest BCUT2D eigenvalue weighted by Crippen LogP contribution is 2.37. The van der Waals surface area contributed by atoms with Crippen LogP contribution >= 0.6 is 11.6 Å². The second-order valence-electron chi connectivity index (χ2n) is 5.22. The van der Waals surface area contributed by atoms with E-state index in [0.717, 1.165) is 18.4 Å². The maximum Gasteiger partial charge on any atom is 0.417 e. The zero-order valence-corrected chi connectivity index (χ0v) is 14.9. The first kappa shape index (κ1) is 20.0. The van der Waals surface area contributed by atoms with Gasteiger partial charge in [0.2, 0.25) is 15.9 Å². The van der Waals surface area contributed by atoms with Crippen molar-refractivity contribution in [3.63, 3.8) is 0 Å². The van der Waals surface area contributed by atoms with Gasteiger partial charge in [-0.3, -0.25) is 14.1 Å². The van der Waals surface area contributed by atoms with Gasteiger partial charge in [-0.1, -0.05) is 11.6 Å². The molecule has 2 rings (SSSR count). The molecule has 0 aliphatic heterocycles. The average Bonchev–Trinajstić information content (AvgIpc) is 2.52. The summed E-state index contributed by atoms with van der Waals surface area (Å²) >= 11 is 5.54. The standard InChI is InChI=1S/C15H13ClF3N3O3S/c1-26(24,25)22(9-14(23)21-10-3-2-6-20-8-10)11-4-5-13(16)12(7-11)15(17,18)19/h2-8H,9H2,1H3,(H,21,23). The second-order valence-corrected chi connectivity index (χ2v) is 7.54. The van der Waals surface area contributed by atoms with Gasteiger partial charge in [0.15, 0.2) is 0 Å². The topological polar surface area (TPSA) is 79.4 Å². The molecule has 0 aliphatic rings. The molecule has 6 nitrogen and oxygen atoms in total. The molecule has 1 aromatic carbocycles. The fourth-order valence-corrected chi connectivity index (χ4v) is 3.13. The van der Waals surface area contributed by atoms with Crippen molar-refractivity contribution in [1.29, 1.82) is 0 Å². The third-order valence-electron chi connectivity index (χ3n) is 3.18. The number of alkyl halides is 3. The second kappa shape index (κ2) is 7.50. The molecule has 1 N–H and O–H groups in total. The molecule has 1 heterocycles. The molecule has 1 aromatic heterocycles. The van der Waals surface area contributed by atoms with Crippen molar-refractivity contribution in [1.82, 2.24) is 4.98 Å². The molecule has 0 spiro atoms. The van der Waals surface area contributed by atoms with E-state index >= 15 is 0 Å². The molecule has 0 saturated carbocycles. The number of carbonyl (C=O) groups is 1. The molecule has 0 aliphatic carbocycles. The predicted molar refractivity (Wildman–Crippen MR) is 91.5 cm³/mol. The SMILES string of the molecule is CS(=O)(=O)N(CC(=O)Nc1cccnc1)c1ccc(Cl)c(C(F)(F)F)c1. The van der Waals surface area contributed by atoms with E-state index in [9.17, 15) is 26.4 Å². The molecule has 2 aromatic rings. The number of hydrogen-bond acceptors (Lipinski definition) is 4. The van der Waals surface area contributed by atoms with Crippen LogP contribution in [-0.2, 0) is 21.0 Å². The molecule has 0 saturated heterocycles. The van der Waals surface area contributed by atoms with E-state index in [0.29, 0.717) is 16.1 Å². The number of halogens is 4. The lowest BCUT2D eigenvalue weighted by molar-refractivity contribution is -0.137. The van der Waals surface area contributed by atoms with E-state index in [-0.39, 0.29) is 5.69 Å². The fourth-order valence-electron chi connectivity index (χ4n) is 2.05. The number of hydrogen-bond donors (Lipinski definition) is 1. The summed E-state index contributed by atoms with van der Waals surface area (Å²) in [5.74, 6) is -0.744. The third-order valence-corrected chi connectivity index (χ3v) is 4.65. The zero-order chi connectivity index (χ0) is 19.5. The first-order valence-electron chi connectivity index (χ1n) is 7.03. The summed E-state index contributed by atoms with van der Waals surface area (Å²) in [5, 5.41) is 1.84. The van der Waals surface area contributed by atoms with Gasteiger partial charge in [0.1, 0.15) is 6.54 Å². The van der Waals surface area contributed by atoms with Gasteiger partial charge >= 0.3 is 6.18 Å². The number of rotatable bonds is 5. The number of benzene rings is 1. The minimum absolute atomic E-state index is 0.318. The molecule has 26 heavy (non-hydrogen) atoms. The lowest BCUT2D eigenvalue weighted by atomic mass is 10.2. The van der Waals surface area contributed by atoms with Crippen molar-refractivity contribution in [3.8, 4) is 0 Å². The molecule has 11 heteroatoms. The van der Waals surface area contributed by atoms with Crippen LogP contribution in [0.2, 0.25) is 5.02 Å². The quantitative estimate of drug-likeness (QED) is 0.825. The monoisotopic (exact) mass is 407 g/mol. The van der Waals surface area contributed by atoms with Crippen LogP contribution in [0.1, 0.15) is 5.56 Å². The number of pyridine rings is 1. The van der Waals surface area contributed by atoms with Crippen LogP contribution in [0.4, 0.5) is 24.5 Å². The Hall–Kier alpha value is -2.33. The van der Waals surface area contributed by atoms with Crippen molar-refractivity contribution >= 4 is 38.9 Å². The van der Waals surface area contributed by atoms with E-state index in [1.807, 2.05) is 0 Å². The maximum atomic E-state index is 13.0. The largest absolute Gasteiger partial charge is 0.417 e. The average molecular weight is 408 g/mol. The number of aromatic nitrogens is 1. The van der Waals surface area contributed by atoms with Crippen LogP contribution in [-0.4, -0.2) is 32.1 Å². The van der Waals surface area contributed by atoms with Gasteiger partial charge in [0, 0.05) is 6.20 Å². The summed E-state index contributed by atoms with van der Waals surface area (Å²) in [6, 6.07) is 5.69. The Morgan fingerprint density at radius 3 is 2.54 bits per heavy atom. The van der Waals surface area contributed by atoms with Gasteiger partial charge in [-0.15, -0.1) is 0 Å². The highest BCUT2D eigenvalue weighted by molar-refractivity contribution is 7.92. The lowest BCUT2D eigenvalue weighted by Gasteiger charge is -2.23. The Morgan fingerprint density at radius 1 is 1.31 bits per heavy atom. The number of nitrogens with one attached hydrogen (secondary N) is 1. The fraction of sp³-hybridized carbons (Fsp3) is 0.200. The molecule has 0 fully saturated rings. The van der Waals surface area contributed by atoms with Crippen LogP contribution in [0, 0.1) is 0 Å². The van der Waals surface area contributed by atoms with Crippen LogP contribution in [0.5, 0.6) is 0 Å². The molecule has 1 amide bonds. The number of anilines is 2. The van der Waals surface area contributed by atoms with E-state index in [2.05, 4.69) is 10.3 Å². The highest BCUT2D eigenvalue weighted by Gasteiger charge is 2.34. The minimum Gasteiger partial charge on any atom is -0.323 e. The van der Waals surface area contributed by atoms with Crippen molar-refractivity contribution in [2.45, 2.75) is 6.18 Å². The van der Waals surface area contributed by atoms with Gasteiger partial charge in [-0.2, -0.15) is 13.2 Å². The van der Waals surface area contributed by atoms with E-state index in [1.54, 1.807) is 6.07 Å². The van der Waals surface area contributed by atoms with Crippen LogP contribution in [0.25, 0.3) is 0 Å². The Labute approximate surface area is 152 Å². The summed E-state index contributed by atoms with van der Waals surface area (Å²) in [4.78, 5) is 15.9. The van der Waals surface area contributed by atoms with Crippen LogP contribution in [0.15, 0.2) is 42.7 Å². The maximum absolute atomic E-state index is 13.0. The number of sulfonamides is 1. The van der Waals surface area contributed by atoms with Crippen molar-refractivity contribution in [2.75, 3.05) is 22.4 Å². The summed E-state index contributed by atoms with van der Waals surface area (Å²) in [5.41, 5.74) is -1.21. The summed E-state index contributed by atoms with van der Waals surface area (Å²) in [6.07, 6.45) is -1.17.